The van der Waals surface area contributed by atoms with Gasteiger partial charge in [-0.05, 0) is 103 Å². The van der Waals surface area contributed by atoms with E-state index in [1.807, 2.05) is 72.5 Å². The maximum Gasteiger partial charge on any atom is 0.247 e. The second kappa shape index (κ2) is 20.0. The Balaban J connectivity index is 1.37. The van der Waals surface area contributed by atoms with E-state index in [4.69, 9.17) is 47.9 Å². The van der Waals surface area contributed by atoms with Gasteiger partial charge in [0, 0.05) is 39.4 Å². The van der Waals surface area contributed by atoms with Crippen LogP contribution in [0.2, 0.25) is 10.0 Å². The molecular formula is C44H51Cl2N3O6. The normalized spacial score (nSPS) is 13.4. The number of amides is 2. The Kier molecular flexibility index (Phi) is 15.2. The highest BCUT2D eigenvalue weighted by Crippen LogP contribution is 2.34. The van der Waals surface area contributed by atoms with E-state index in [0.717, 1.165) is 35.1 Å². The lowest BCUT2D eigenvalue weighted by atomic mass is 9.97. The maximum absolute atomic E-state index is 14.2. The van der Waals surface area contributed by atoms with Crippen LogP contribution in [0.4, 0.5) is 0 Å². The molecule has 0 aromatic heterocycles. The number of carbonyl (C=O) groups is 2. The minimum Gasteiger partial charge on any atom is -0.490 e. The molecule has 292 valence electrons. The van der Waals surface area contributed by atoms with Crippen molar-refractivity contribution in [2.45, 2.75) is 71.5 Å². The molecule has 2 amide bonds. The number of nitrogens with zero attached hydrogens (tertiary/aromatic N) is 2. The first kappa shape index (κ1) is 41.8. The van der Waals surface area contributed by atoms with Gasteiger partial charge in [0.15, 0.2) is 12.0 Å². The Morgan fingerprint density at radius 2 is 1.51 bits per heavy atom. The van der Waals surface area contributed by atoms with E-state index in [2.05, 4.69) is 26.0 Å². The average molecular weight is 789 g/mol. The Labute approximate surface area is 334 Å². The summed E-state index contributed by atoms with van der Waals surface area (Å²) in [6.45, 7) is 7.55. The summed E-state index contributed by atoms with van der Waals surface area (Å²) in [6, 6.07) is 26.1. The van der Waals surface area contributed by atoms with Crippen LogP contribution in [0, 0.1) is 20.8 Å². The summed E-state index contributed by atoms with van der Waals surface area (Å²) in [4.78, 5) is 31.9. The maximum atomic E-state index is 14.2. The Morgan fingerprint density at radius 3 is 2.15 bits per heavy atom. The number of hydrogen-bond donors (Lipinski definition) is 1. The number of methoxy groups -OCH3 is 2. The van der Waals surface area contributed by atoms with Gasteiger partial charge >= 0.3 is 0 Å². The van der Waals surface area contributed by atoms with Gasteiger partial charge in [-0.3, -0.25) is 9.59 Å². The minimum absolute atomic E-state index is 0.120. The third-order valence-electron chi connectivity index (χ3n) is 9.77. The van der Waals surface area contributed by atoms with Crippen LogP contribution in [0.3, 0.4) is 0 Å². The van der Waals surface area contributed by atoms with Crippen molar-refractivity contribution in [3.05, 3.63) is 134 Å². The molecule has 0 spiro atoms. The summed E-state index contributed by atoms with van der Waals surface area (Å²) in [5.74, 6) is 0.611. The van der Waals surface area contributed by atoms with E-state index in [1.54, 1.807) is 23.1 Å². The summed E-state index contributed by atoms with van der Waals surface area (Å²) in [5.41, 5.74) is 13.5. The van der Waals surface area contributed by atoms with Crippen molar-refractivity contribution in [2.24, 2.45) is 5.73 Å². The predicted molar refractivity (Wildman–Crippen MR) is 218 cm³/mol. The lowest BCUT2D eigenvalue weighted by Gasteiger charge is -2.29. The number of rotatable bonds is 19. The molecule has 1 aliphatic carbocycles. The van der Waals surface area contributed by atoms with Crippen molar-refractivity contribution in [1.29, 1.82) is 0 Å². The number of halogens is 2. The lowest BCUT2D eigenvalue weighted by Crippen LogP contribution is -2.47. The third-order valence-corrected chi connectivity index (χ3v) is 10.3. The van der Waals surface area contributed by atoms with Gasteiger partial charge in [0.1, 0.15) is 19.0 Å². The zero-order valence-corrected chi connectivity index (χ0v) is 33.7. The average Bonchev–Trinajstić information content (AvgIpc) is 4.02. The van der Waals surface area contributed by atoms with Crippen LogP contribution in [0.15, 0.2) is 91.0 Å². The molecule has 1 fully saturated rings. The van der Waals surface area contributed by atoms with Gasteiger partial charge in [0.2, 0.25) is 11.8 Å². The molecule has 4 aromatic rings. The van der Waals surface area contributed by atoms with E-state index in [1.165, 1.54) is 25.3 Å². The first-order chi connectivity index (χ1) is 26.5. The molecule has 0 unspecified atom stereocenters. The fourth-order valence-electron chi connectivity index (χ4n) is 6.35. The molecule has 1 aliphatic rings. The Morgan fingerprint density at radius 1 is 0.855 bits per heavy atom. The van der Waals surface area contributed by atoms with Gasteiger partial charge in [-0.15, -0.1) is 0 Å². The smallest absolute Gasteiger partial charge is 0.247 e. The topological polar surface area (TPSA) is 104 Å². The van der Waals surface area contributed by atoms with Gasteiger partial charge in [-0.25, -0.2) is 0 Å². The Bertz CT molecular complexity index is 1910. The number of hydrogen-bond acceptors (Lipinski definition) is 7. The number of benzene rings is 4. The molecule has 5 rings (SSSR count). The fraction of sp³-hybridized carbons (Fsp3) is 0.364. The number of ether oxygens (including phenoxy) is 4. The molecule has 55 heavy (non-hydrogen) atoms. The van der Waals surface area contributed by atoms with E-state index in [-0.39, 0.29) is 44.0 Å². The van der Waals surface area contributed by atoms with E-state index in [0.29, 0.717) is 40.2 Å². The molecule has 0 radical (unpaired) electrons. The molecule has 11 heteroatoms. The Hall–Kier alpha value is -4.38. The van der Waals surface area contributed by atoms with Crippen LogP contribution >= 0.6 is 23.2 Å². The van der Waals surface area contributed by atoms with Gasteiger partial charge in [0.05, 0.1) is 22.6 Å². The molecule has 1 atom stereocenters. The molecule has 0 saturated heterocycles. The zero-order valence-electron chi connectivity index (χ0n) is 32.2. The van der Waals surface area contributed by atoms with E-state index in [9.17, 15) is 9.59 Å². The fourth-order valence-corrected chi connectivity index (χ4v) is 7.05. The van der Waals surface area contributed by atoms with E-state index < -0.39 is 12.3 Å². The minimum atomic E-state index is -0.959. The second-order valence-corrected chi connectivity index (χ2v) is 14.7. The van der Waals surface area contributed by atoms with Gasteiger partial charge in [0.25, 0.3) is 0 Å². The van der Waals surface area contributed by atoms with Crippen LogP contribution in [0.5, 0.6) is 11.5 Å². The second-order valence-electron chi connectivity index (χ2n) is 13.9. The monoisotopic (exact) mass is 787 g/mol. The highest BCUT2D eigenvalue weighted by molar-refractivity contribution is 6.37. The van der Waals surface area contributed by atoms with Crippen molar-refractivity contribution in [3.63, 3.8) is 0 Å². The molecule has 2 N–H and O–H groups in total. The SMILES string of the molecule is COC(CN(Cc1ccccc1)C(=O)[C@H](N)C/C(=C/C(=O)N(Cc1cccc(C)c1C)C1CC1)c1ccc(OCCOc2c(Cl)cc(C)cc2Cl)cc1)OC. The number of nitrogens with two attached hydrogens (primary N) is 1. The van der Waals surface area contributed by atoms with Crippen LogP contribution in [0.1, 0.15) is 52.6 Å². The van der Waals surface area contributed by atoms with Crippen LogP contribution in [-0.2, 0) is 32.2 Å². The van der Waals surface area contributed by atoms with E-state index >= 15 is 0 Å². The first-order valence-corrected chi connectivity index (χ1v) is 19.2. The van der Waals surface area contributed by atoms with Crippen LogP contribution < -0.4 is 15.2 Å². The zero-order chi connectivity index (χ0) is 39.5. The molecule has 0 heterocycles. The number of aryl methyl sites for hydroxylation is 2. The van der Waals surface area contributed by atoms with Crippen molar-refractivity contribution in [1.82, 2.24) is 9.80 Å². The summed E-state index contributed by atoms with van der Waals surface area (Å²) >= 11 is 12.7. The molecule has 0 aliphatic heterocycles. The molecule has 4 aromatic carbocycles. The summed E-state index contributed by atoms with van der Waals surface area (Å²) < 4.78 is 22.7. The van der Waals surface area contributed by atoms with Gasteiger partial charge < -0.3 is 34.5 Å². The molecule has 9 nitrogen and oxygen atoms in total. The summed E-state index contributed by atoms with van der Waals surface area (Å²) in [5, 5.41) is 0.879. The molecule has 0 bridgehead atoms. The van der Waals surface area contributed by atoms with Crippen LogP contribution in [0.25, 0.3) is 5.57 Å². The third kappa shape index (κ3) is 11.8. The highest BCUT2D eigenvalue weighted by Gasteiger charge is 2.33. The quantitative estimate of drug-likeness (QED) is 0.0580. The molecular weight excluding hydrogens is 737 g/mol. The number of carbonyl (C=O) groups excluding carboxylic acids is 2. The standard InChI is InChI=1S/C44H51Cl2N3O6/c1-29-22-38(45)43(39(46)23-29)55-21-20-54-37-18-14-33(15-19-37)35(25-41(50)49(36-16-17-36)27-34-13-9-10-30(2)31(34)3)24-40(47)44(51)48(28-42(52-4)53-5)26-32-11-7-6-8-12-32/h6-15,18-19,22-23,25,36,40,42H,16-17,20-21,24,26-28,47H2,1-5H3/b35-25-/t40-/m1/s1. The lowest BCUT2D eigenvalue weighted by molar-refractivity contribution is -0.147. The largest absolute Gasteiger partial charge is 0.490 e. The highest BCUT2D eigenvalue weighted by atomic mass is 35.5. The van der Waals surface area contributed by atoms with Crippen molar-refractivity contribution >= 4 is 40.6 Å². The van der Waals surface area contributed by atoms with Crippen LogP contribution in [-0.4, -0.2) is 74.0 Å². The summed E-state index contributed by atoms with van der Waals surface area (Å²) in [7, 11) is 3.07. The van der Waals surface area contributed by atoms with Crippen molar-refractivity contribution < 1.29 is 28.5 Å². The van der Waals surface area contributed by atoms with Gasteiger partial charge in [-0.2, -0.15) is 0 Å². The van der Waals surface area contributed by atoms with Gasteiger partial charge in [-0.1, -0.05) is 83.9 Å². The predicted octanol–water partition coefficient (Wildman–Crippen LogP) is 8.32. The van der Waals surface area contributed by atoms with Crippen molar-refractivity contribution in [2.75, 3.05) is 34.0 Å². The first-order valence-electron chi connectivity index (χ1n) is 18.5. The molecule has 1 saturated carbocycles. The summed E-state index contributed by atoms with van der Waals surface area (Å²) in [6.07, 6.45) is 3.02. The van der Waals surface area contributed by atoms with Crippen molar-refractivity contribution in [3.8, 4) is 11.5 Å².